The fraction of sp³-hybridized carbons (Fsp3) is 0.0667. The highest BCUT2D eigenvalue weighted by atomic mass is 16.4. The van der Waals surface area contributed by atoms with Gasteiger partial charge in [0.05, 0.1) is 17.7 Å². The number of phenolic OH excluding ortho intramolecular Hbond substituents is 1. The number of rotatable bonds is 4. The number of para-hydroxylation sites is 1. The first-order chi connectivity index (χ1) is 9.97. The molecule has 1 amide bonds. The molecule has 0 bridgehead atoms. The number of carboxylic acids is 1. The first-order valence-corrected chi connectivity index (χ1v) is 6.17. The van der Waals surface area contributed by atoms with Crippen molar-refractivity contribution in [3.05, 3.63) is 53.6 Å². The lowest BCUT2D eigenvalue weighted by molar-refractivity contribution is -0.115. The van der Waals surface area contributed by atoms with Crippen molar-refractivity contribution in [2.24, 2.45) is 0 Å². The minimum Gasteiger partial charge on any atom is -0.508 e. The molecule has 108 valence electrons. The normalized spacial score (nSPS) is 10.1. The topological polar surface area (TPSA) is 113 Å². The zero-order chi connectivity index (χ0) is 15.4. The molecule has 5 N–H and O–H groups in total. The molecule has 0 unspecified atom stereocenters. The second-order valence-corrected chi connectivity index (χ2v) is 4.46. The number of aromatic carboxylic acids is 1. The van der Waals surface area contributed by atoms with Crippen molar-refractivity contribution in [1.29, 1.82) is 0 Å². The highest BCUT2D eigenvalue weighted by Crippen LogP contribution is 2.21. The number of aromatic hydroxyl groups is 1. The molecule has 0 heterocycles. The zero-order valence-corrected chi connectivity index (χ0v) is 11.0. The fourth-order valence-electron chi connectivity index (χ4n) is 1.88. The number of anilines is 2. The first-order valence-electron chi connectivity index (χ1n) is 6.17. The lowest BCUT2D eigenvalue weighted by Gasteiger charge is -2.10. The second-order valence-electron chi connectivity index (χ2n) is 4.46. The van der Waals surface area contributed by atoms with E-state index in [1.165, 1.54) is 24.3 Å². The van der Waals surface area contributed by atoms with Crippen LogP contribution in [0.1, 0.15) is 15.9 Å². The summed E-state index contributed by atoms with van der Waals surface area (Å²) in [6.45, 7) is 0. The predicted octanol–water partition coefficient (Wildman–Crippen LogP) is 1.85. The average molecular weight is 286 g/mol. The summed E-state index contributed by atoms with van der Waals surface area (Å²) in [4.78, 5) is 23.1. The van der Waals surface area contributed by atoms with Crippen LogP contribution in [0.15, 0.2) is 42.5 Å². The number of hydrogen-bond acceptors (Lipinski definition) is 4. The van der Waals surface area contributed by atoms with Gasteiger partial charge in [-0.3, -0.25) is 4.79 Å². The number of nitrogen functional groups attached to an aromatic ring is 1. The average Bonchev–Trinajstić information content (AvgIpc) is 2.41. The number of hydrogen-bond donors (Lipinski definition) is 4. The van der Waals surface area contributed by atoms with Gasteiger partial charge in [-0.1, -0.05) is 18.2 Å². The van der Waals surface area contributed by atoms with Crippen molar-refractivity contribution < 1.29 is 19.8 Å². The van der Waals surface area contributed by atoms with Gasteiger partial charge in [0.25, 0.3) is 0 Å². The first kappa shape index (κ1) is 14.4. The van der Waals surface area contributed by atoms with Gasteiger partial charge in [-0.05, 0) is 24.3 Å². The van der Waals surface area contributed by atoms with Crippen molar-refractivity contribution in [1.82, 2.24) is 0 Å². The Morgan fingerprint density at radius 1 is 1.14 bits per heavy atom. The quantitative estimate of drug-likeness (QED) is 0.641. The summed E-state index contributed by atoms with van der Waals surface area (Å²) in [7, 11) is 0. The van der Waals surface area contributed by atoms with Gasteiger partial charge in [-0.15, -0.1) is 0 Å². The molecule has 0 atom stereocenters. The van der Waals surface area contributed by atoms with E-state index in [-0.39, 0.29) is 23.4 Å². The molecule has 0 aliphatic heterocycles. The van der Waals surface area contributed by atoms with E-state index in [2.05, 4.69) is 5.32 Å². The van der Waals surface area contributed by atoms with Crippen LogP contribution in [0.2, 0.25) is 0 Å². The van der Waals surface area contributed by atoms with E-state index >= 15 is 0 Å². The van der Waals surface area contributed by atoms with Crippen LogP contribution in [0.3, 0.4) is 0 Å². The Bertz CT molecular complexity index is 698. The van der Waals surface area contributed by atoms with E-state index < -0.39 is 11.9 Å². The number of benzene rings is 2. The molecule has 0 aliphatic rings. The third-order valence-electron chi connectivity index (χ3n) is 2.89. The number of nitrogens with one attached hydrogen (secondary N) is 1. The Balaban J connectivity index is 2.18. The van der Waals surface area contributed by atoms with Crippen molar-refractivity contribution in [2.75, 3.05) is 11.1 Å². The summed E-state index contributed by atoms with van der Waals surface area (Å²) < 4.78 is 0. The molecular formula is C15H14N2O4. The Morgan fingerprint density at radius 2 is 1.86 bits per heavy atom. The van der Waals surface area contributed by atoms with Gasteiger partial charge < -0.3 is 21.3 Å². The van der Waals surface area contributed by atoms with Crippen molar-refractivity contribution in [3.63, 3.8) is 0 Å². The number of carbonyl (C=O) groups is 2. The molecule has 2 rings (SSSR count). The maximum atomic E-state index is 12.0. The maximum absolute atomic E-state index is 12.0. The van der Waals surface area contributed by atoms with Crippen LogP contribution in [0, 0.1) is 0 Å². The second kappa shape index (κ2) is 5.96. The van der Waals surface area contributed by atoms with E-state index in [0.717, 1.165) is 0 Å². The molecule has 6 nitrogen and oxygen atoms in total. The van der Waals surface area contributed by atoms with Crippen LogP contribution in [0.4, 0.5) is 11.4 Å². The standard InChI is InChI=1S/C15H14N2O4/c16-10-5-6-11(15(20)21)12(8-10)17-14(19)7-9-3-1-2-4-13(9)18/h1-6,8,18H,7,16H2,(H,17,19)(H,20,21). The van der Waals surface area contributed by atoms with Crippen LogP contribution in [-0.2, 0) is 11.2 Å². The Hall–Kier alpha value is -3.02. The van der Waals surface area contributed by atoms with E-state index in [1.54, 1.807) is 18.2 Å². The molecule has 0 radical (unpaired) electrons. The van der Waals surface area contributed by atoms with Crippen molar-refractivity contribution >= 4 is 23.3 Å². The fourth-order valence-corrected chi connectivity index (χ4v) is 1.88. The minimum absolute atomic E-state index is 0.0127. The SMILES string of the molecule is Nc1ccc(C(=O)O)c(NC(=O)Cc2ccccc2O)c1. The number of nitrogens with two attached hydrogens (primary N) is 1. The predicted molar refractivity (Wildman–Crippen MR) is 78.3 cm³/mol. The van der Waals surface area contributed by atoms with Gasteiger partial charge in [0.1, 0.15) is 5.75 Å². The number of carboxylic acid groups (broad SMARTS) is 1. The summed E-state index contributed by atoms with van der Waals surface area (Å²) in [5, 5.41) is 21.2. The number of carbonyl (C=O) groups excluding carboxylic acids is 1. The summed E-state index contributed by atoms with van der Waals surface area (Å²) in [5.74, 6) is -1.59. The van der Waals surface area contributed by atoms with Crippen LogP contribution in [-0.4, -0.2) is 22.1 Å². The molecule has 0 aliphatic carbocycles. The molecule has 6 heteroatoms. The van der Waals surface area contributed by atoms with Crippen LogP contribution >= 0.6 is 0 Å². The zero-order valence-electron chi connectivity index (χ0n) is 11.0. The monoisotopic (exact) mass is 286 g/mol. The number of phenols is 1. The van der Waals surface area contributed by atoms with Crippen LogP contribution < -0.4 is 11.1 Å². The van der Waals surface area contributed by atoms with E-state index in [4.69, 9.17) is 10.8 Å². The number of amides is 1. The molecule has 2 aromatic rings. The Labute approximate surface area is 120 Å². The third-order valence-corrected chi connectivity index (χ3v) is 2.89. The van der Waals surface area contributed by atoms with Crippen LogP contribution in [0.5, 0.6) is 5.75 Å². The highest BCUT2D eigenvalue weighted by molar-refractivity contribution is 6.01. The lowest BCUT2D eigenvalue weighted by Crippen LogP contribution is -2.17. The Morgan fingerprint density at radius 3 is 2.52 bits per heavy atom. The molecule has 0 fully saturated rings. The lowest BCUT2D eigenvalue weighted by atomic mass is 10.1. The van der Waals surface area contributed by atoms with Gasteiger partial charge in [0.2, 0.25) is 5.91 Å². The largest absolute Gasteiger partial charge is 0.508 e. The van der Waals surface area contributed by atoms with E-state index in [0.29, 0.717) is 11.3 Å². The summed E-state index contributed by atoms with van der Waals surface area (Å²) in [5.41, 5.74) is 6.48. The van der Waals surface area contributed by atoms with Crippen molar-refractivity contribution in [3.8, 4) is 5.75 Å². The summed E-state index contributed by atoms with van der Waals surface area (Å²) in [6, 6.07) is 10.6. The summed E-state index contributed by atoms with van der Waals surface area (Å²) in [6.07, 6.45) is -0.0689. The van der Waals surface area contributed by atoms with Crippen molar-refractivity contribution in [2.45, 2.75) is 6.42 Å². The van der Waals surface area contributed by atoms with Gasteiger partial charge in [-0.2, -0.15) is 0 Å². The summed E-state index contributed by atoms with van der Waals surface area (Å²) >= 11 is 0. The molecule has 0 spiro atoms. The smallest absolute Gasteiger partial charge is 0.337 e. The highest BCUT2D eigenvalue weighted by Gasteiger charge is 2.14. The molecule has 0 saturated carbocycles. The molecular weight excluding hydrogens is 272 g/mol. The van der Waals surface area contributed by atoms with Gasteiger partial charge >= 0.3 is 5.97 Å². The third kappa shape index (κ3) is 3.50. The van der Waals surface area contributed by atoms with E-state index in [9.17, 15) is 14.7 Å². The van der Waals surface area contributed by atoms with Gasteiger partial charge in [0.15, 0.2) is 0 Å². The molecule has 0 aromatic heterocycles. The molecule has 2 aromatic carbocycles. The van der Waals surface area contributed by atoms with Crippen LogP contribution in [0.25, 0.3) is 0 Å². The van der Waals surface area contributed by atoms with E-state index in [1.807, 2.05) is 0 Å². The van der Waals surface area contributed by atoms with Gasteiger partial charge in [0, 0.05) is 11.3 Å². The molecule has 21 heavy (non-hydrogen) atoms. The maximum Gasteiger partial charge on any atom is 0.337 e. The Kier molecular flexibility index (Phi) is 4.08. The molecule has 0 saturated heterocycles. The van der Waals surface area contributed by atoms with Gasteiger partial charge in [-0.25, -0.2) is 4.79 Å². The minimum atomic E-state index is -1.16.